The number of benzene rings is 1. The van der Waals surface area contributed by atoms with E-state index in [1.165, 1.54) is 5.56 Å². The zero-order valence-corrected chi connectivity index (χ0v) is 14.4. The van der Waals surface area contributed by atoms with Crippen LogP contribution in [0.25, 0.3) is 11.5 Å². The molecule has 3 aromatic rings. The van der Waals surface area contributed by atoms with Crippen molar-refractivity contribution in [3.63, 3.8) is 0 Å². The van der Waals surface area contributed by atoms with Gasteiger partial charge in [0.2, 0.25) is 11.8 Å². The highest BCUT2D eigenvalue weighted by atomic mass is 32.1. The van der Waals surface area contributed by atoms with Crippen molar-refractivity contribution in [3.8, 4) is 11.5 Å². The van der Waals surface area contributed by atoms with Crippen molar-refractivity contribution in [3.05, 3.63) is 52.3 Å². The molecule has 0 unspecified atom stereocenters. The molecule has 6 heteroatoms. The van der Waals surface area contributed by atoms with Crippen molar-refractivity contribution in [1.82, 2.24) is 20.1 Å². The molecular weight excluding hydrogens is 308 g/mol. The molecule has 2 aromatic heterocycles. The Hall–Kier alpha value is -2.05. The Morgan fingerprint density at radius 1 is 1.22 bits per heavy atom. The zero-order valence-electron chi connectivity index (χ0n) is 13.6. The molecule has 0 bridgehead atoms. The van der Waals surface area contributed by atoms with Gasteiger partial charge in [0, 0.05) is 30.1 Å². The third kappa shape index (κ3) is 3.83. The molecule has 5 nitrogen and oxygen atoms in total. The third-order valence-electron chi connectivity index (χ3n) is 3.92. The van der Waals surface area contributed by atoms with Gasteiger partial charge in [0.15, 0.2) is 0 Å². The summed E-state index contributed by atoms with van der Waals surface area (Å²) in [6.07, 6.45) is 2.77. The first kappa shape index (κ1) is 15.8. The lowest BCUT2D eigenvalue weighted by Crippen LogP contribution is -2.25. The van der Waals surface area contributed by atoms with Crippen molar-refractivity contribution in [2.45, 2.75) is 26.3 Å². The predicted molar refractivity (Wildman–Crippen MR) is 91.3 cm³/mol. The minimum Gasteiger partial charge on any atom is -0.419 e. The van der Waals surface area contributed by atoms with Crippen LogP contribution < -0.4 is 0 Å². The normalized spacial score (nSPS) is 12.7. The minimum absolute atomic E-state index is 0.0710. The molecule has 120 valence electrons. The summed E-state index contributed by atoms with van der Waals surface area (Å²) in [5.41, 5.74) is 2.16. The van der Waals surface area contributed by atoms with E-state index in [0.717, 1.165) is 23.5 Å². The third-order valence-corrected chi connectivity index (χ3v) is 4.76. The van der Waals surface area contributed by atoms with E-state index < -0.39 is 0 Å². The van der Waals surface area contributed by atoms with Crippen LogP contribution in [0.15, 0.2) is 40.3 Å². The molecule has 1 atom stereocenters. The number of nitrogens with zero attached hydrogens (tertiary/aromatic N) is 4. The number of hydrogen-bond donors (Lipinski definition) is 0. The van der Waals surface area contributed by atoms with E-state index >= 15 is 0 Å². The molecule has 23 heavy (non-hydrogen) atoms. The van der Waals surface area contributed by atoms with E-state index in [4.69, 9.17) is 4.42 Å². The van der Waals surface area contributed by atoms with Crippen LogP contribution in [0, 0.1) is 6.92 Å². The second-order valence-electron chi connectivity index (χ2n) is 5.64. The summed E-state index contributed by atoms with van der Waals surface area (Å²) in [6, 6.07) is 8.17. The minimum atomic E-state index is 0.0710. The summed E-state index contributed by atoms with van der Waals surface area (Å²) in [6.45, 7) is 5.04. The summed E-state index contributed by atoms with van der Waals surface area (Å²) in [7, 11) is 2.06. The quantitative estimate of drug-likeness (QED) is 0.690. The number of aryl methyl sites for hydroxylation is 1. The van der Waals surface area contributed by atoms with Gasteiger partial charge < -0.3 is 4.42 Å². The van der Waals surface area contributed by atoms with Crippen LogP contribution in [0.1, 0.15) is 29.4 Å². The zero-order chi connectivity index (χ0) is 16.2. The van der Waals surface area contributed by atoms with Crippen LogP contribution in [0.5, 0.6) is 0 Å². The Kier molecular flexibility index (Phi) is 4.83. The Morgan fingerprint density at radius 2 is 2.00 bits per heavy atom. The second-order valence-corrected chi connectivity index (χ2v) is 6.62. The molecule has 0 fully saturated rings. The first-order chi connectivity index (χ1) is 11.1. The Labute approximate surface area is 140 Å². The smallest absolute Gasteiger partial charge is 0.247 e. The lowest BCUT2D eigenvalue weighted by Gasteiger charge is -2.20. The predicted octanol–water partition coefficient (Wildman–Crippen LogP) is 3.74. The van der Waals surface area contributed by atoms with Gasteiger partial charge in [-0.15, -0.1) is 21.5 Å². The van der Waals surface area contributed by atoms with Gasteiger partial charge in [0.1, 0.15) is 0 Å². The summed E-state index contributed by atoms with van der Waals surface area (Å²) in [5.74, 6) is 1.21. The van der Waals surface area contributed by atoms with Gasteiger partial charge in [-0.25, -0.2) is 4.98 Å². The fourth-order valence-electron chi connectivity index (χ4n) is 2.25. The van der Waals surface area contributed by atoms with E-state index in [9.17, 15) is 0 Å². The average Bonchev–Trinajstić information content (AvgIpc) is 3.24. The number of likely N-dealkylation sites (N-methyl/N-ethyl adjacent to an activating group) is 1. The molecule has 0 radical (unpaired) electrons. The number of aromatic nitrogens is 3. The lowest BCUT2D eigenvalue weighted by molar-refractivity contribution is 0.228. The summed E-state index contributed by atoms with van der Waals surface area (Å²) < 4.78 is 5.85. The second kappa shape index (κ2) is 7.02. The standard InChI is InChI=1S/C17H20N4OS/c1-12-4-6-14(7-5-12)17-20-19-16(22-17)13(2)21(3)10-8-15-18-9-11-23-15/h4-7,9,11,13H,8,10H2,1-3H3/t13-/m0/s1. The maximum atomic E-state index is 5.85. The van der Waals surface area contributed by atoms with Crippen molar-refractivity contribution in [2.75, 3.05) is 13.6 Å². The summed E-state index contributed by atoms with van der Waals surface area (Å²) >= 11 is 1.69. The van der Waals surface area contributed by atoms with E-state index in [1.807, 2.05) is 35.8 Å². The molecule has 0 aliphatic rings. The highest BCUT2D eigenvalue weighted by Crippen LogP contribution is 2.23. The highest BCUT2D eigenvalue weighted by molar-refractivity contribution is 7.09. The molecule has 0 spiro atoms. The fourth-order valence-corrected chi connectivity index (χ4v) is 2.86. The van der Waals surface area contributed by atoms with E-state index in [0.29, 0.717) is 11.8 Å². The average molecular weight is 328 g/mol. The van der Waals surface area contributed by atoms with Crippen LogP contribution in [-0.4, -0.2) is 33.7 Å². The van der Waals surface area contributed by atoms with E-state index in [2.05, 4.69) is 41.0 Å². The molecule has 0 saturated carbocycles. The van der Waals surface area contributed by atoms with Gasteiger partial charge >= 0.3 is 0 Å². The molecule has 1 aromatic carbocycles. The molecule has 0 aliphatic heterocycles. The number of rotatable bonds is 6. The van der Waals surface area contributed by atoms with Crippen LogP contribution in [0.4, 0.5) is 0 Å². The van der Waals surface area contributed by atoms with Gasteiger partial charge in [0.25, 0.3) is 0 Å². The van der Waals surface area contributed by atoms with Gasteiger partial charge in [0.05, 0.1) is 11.0 Å². The highest BCUT2D eigenvalue weighted by Gasteiger charge is 2.19. The summed E-state index contributed by atoms with van der Waals surface area (Å²) in [4.78, 5) is 6.51. The lowest BCUT2D eigenvalue weighted by atomic mass is 10.1. The van der Waals surface area contributed by atoms with Crippen molar-refractivity contribution < 1.29 is 4.42 Å². The maximum absolute atomic E-state index is 5.85. The van der Waals surface area contributed by atoms with Crippen molar-refractivity contribution in [1.29, 1.82) is 0 Å². The molecule has 0 aliphatic carbocycles. The Bertz CT molecular complexity index is 736. The van der Waals surface area contributed by atoms with Crippen molar-refractivity contribution >= 4 is 11.3 Å². The molecule has 0 amide bonds. The van der Waals surface area contributed by atoms with Crippen LogP contribution in [0.2, 0.25) is 0 Å². The van der Waals surface area contributed by atoms with Gasteiger partial charge in [-0.05, 0) is 33.0 Å². The molecule has 2 heterocycles. The van der Waals surface area contributed by atoms with Crippen LogP contribution in [0.3, 0.4) is 0 Å². The first-order valence-electron chi connectivity index (χ1n) is 7.62. The fraction of sp³-hybridized carbons (Fsp3) is 0.353. The van der Waals surface area contributed by atoms with Gasteiger partial charge in [-0.2, -0.15) is 0 Å². The topological polar surface area (TPSA) is 55.1 Å². The molecule has 3 rings (SSSR count). The van der Waals surface area contributed by atoms with Crippen LogP contribution >= 0.6 is 11.3 Å². The van der Waals surface area contributed by atoms with Crippen LogP contribution in [-0.2, 0) is 6.42 Å². The van der Waals surface area contributed by atoms with E-state index in [1.54, 1.807) is 11.3 Å². The SMILES string of the molecule is Cc1ccc(-c2nnc([C@H](C)N(C)CCc3nccs3)o2)cc1. The summed E-state index contributed by atoms with van der Waals surface area (Å²) in [5, 5.41) is 11.5. The number of hydrogen-bond acceptors (Lipinski definition) is 6. The Balaban J connectivity index is 1.65. The molecule has 0 N–H and O–H groups in total. The largest absolute Gasteiger partial charge is 0.419 e. The molecular formula is C17H20N4OS. The Morgan fingerprint density at radius 3 is 2.70 bits per heavy atom. The van der Waals surface area contributed by atoms with E-state index in [-0.39, 0.29) is 6.04 Å². The van der Waals surface area contributed by atoms with Gasteiger partial charge in [-0.3, -0.25) is 4.90 Å². The first-order valence-corrected chi connectivity index (χ1v) is 8.50. The monoisotopic (exact) mass is 328 g/mol. The molecule has 0 saturated heterocycles. The van der Waals surface area contributed by atoms with Gasteiger partial charge in [-0.1, -0.05) is 17.7 Å². The number of thiazole rings is 1. The van der Waals surface area contributed by atoms with Crippen molar-refractivity contribution in [2.24, 2.45) is 0 Å². The maximum Gasteiger partial charge on any atom is 0.247 e.